The van der Waals surface area contributed by atoms with Gasteiger partial charge in [0, 0.05) is 11.1 Å². The van der Waals surface area contributed by atoms with Crippen LogP contribution in [0.4, 0.5) is 0 Å². The van der Waals surface area contributed by atoms with Crippen molar-refractivity contribution in [1.82, 2.24) is 9.90 Å². The lowest BCUT2D eigenvalue weighted by Crippen LogP contribution is -3.00. The average molecular weight is 436 g/mol. The first kappa shape index (κ1) is 19.6. The monoisotopic (exact) mass is 435 g/mol. The minimum atomic E-state index is -0.0228. The maximum atomic E-state index is 12.6. The summed E-state index contributed by atoms with van der Waals surface area (Å²) in [5, 5.41) is 4.51. The molecule has 0 atom stereocenters. The van der Waals surface area contributed by atoms with Gasteiger partial charge in [-0.15, -0.1) is 9.36 Å². The van der Waals surface area contributed by atoms with Crippen LogP contribution in [0.15, 0.2) is 84.9 Å². The van der Waals surface area contributed by atoms with Crippen molar-refractivity contribution in [2.24, 2.45) is 0 Å². The molecule has 0 spiro atoms. The van der Waals surface area contributed by atoms with Crippen molar-refractivity contribution in [2.75, 3.05) is 0 Å². The lowest BCUT2D eigenvalue weighted by molar-refractivity contribution is -0.719. The molecule has 28 heavy (non-hydrogen) atoms. The van der Waals surface area contributed by atoms with Crippen molar-refractivity contribution in [3.05, 3.63) is 96.1 Å². The zero-order valence-electron chi connectivity index (χ0n) is 15.0. The number of hydrogen-bond acceptors (Lipinski definition) is 3. The van der Waals surface area contributed by atoms with Crippen LogP contribution in [0.2, 0.25) is 0 Å². The molecule has 0 N–H and O–H groups in total. The Balaban J connectivity index is 0.00000225. The third-order valence-corrected chi connectivity index (χ3v) is 4.43. The smallest absolute Gasteiger partial charge is 0.206 e. The predicted molar refractivity (Wildman–Crippen MR) is 101 cm³/mol. The molecule has 0 saturated carbocycles. The first-order chi connectivity index (χ1) is 13.2. The molecule has 5 nitrogen and oxygen atoms in total. The van der Waals surface area contributed by atoms with E-state index in [1.807, 2.05) is 60.7 Å². The van der Waals surface area contributed by atoms with Crippen LogP contribution in [0.25, 0.3) is 11.0 Å². The van der Waals surface area contributed by atoms with Crippen molar-refractivity contribution in [1.29, 1.82) is 0 Å². The number of nitrogens with zero attached hydrogens (tertiary/aromatic N) is 3. The molecule has 0 aliphatic carbocycles. The highest BCUT2D eigenvalue weighted by Crippen LogP contribution is 2.11. The summed E-state index contributed by atoms with van der Waals surface area (Å²) in [5.74, 6) is -0.0456. The number of para-hydroxylation sites is 2. The summed E-state index contributed by atoms with van der Waals surface area (Å²) in [4.78, 5) is 25.1. The van der Waals surface area contributed by atoms with Crippen LogP contribution in [0.3, 0.4) is 0 Å². The number of hydrogen-bond donors (Lipinski definition) is 0. The highest BCUT2D eigenvalue weighted by molar-refractivity contribution is 5.96. The number of benzene rings is 3. The predicted octanol–water partition coefficient (Wildman–Crippen LogP) is 0.0936. The molecule has 0 fully saturated rings. The molecule has 3 aromatic carbocycles. The van der Waals surface area contributed by atoms with E-state index in [0.717, 1.165) is 11.0 Å². The summed E-state index contributed by atoms with van der Waals surface area (Å²) in [6, 6.07) is 25.9. The van der Waals surface area contributed by atoms with E-state index < -0.39 is 0 Å². The number of aromatic nitrogens is 3. The van der Waals surface area contributed by atoms with E-state index in [1.165, 1.54) is 0 Å². The van der Waals surface area contributed by atoms with Crippen molar-refractivity contribution < 1.29 is 31.3 Å². The number of Topliss-reactive ketones (excluding diaryl/α,β-unsaturated/α-hetero) is 2. The van der Waals surface area contributed by atoms with E-state index in [1.54, 1.807) is 33.6 Å². The molecule has 0 saturated heterocycles. The van der Waals surface area contributed by atoms with Gasteiger partial charge in [-0.25, -0.2) is 0 Å². The number of fused-ring (bicyclic) bond motifs is 1. The highest BCUT2D eigenvalue weighted by Gasteiger charge is 2.22. The molecule has 4 aromatic rings. The van der Waals surface area contributed by atoms with E-state index in [4.69, 9.17) is 0 Å². The summed E-state index contributed by atoms with van der Waals surface area (Å²) in [5.41, 5.74) is 2.93. The first-order valence-corrected chi connectivity index (χ1v) is 8.74. The molecule has 4 rings (SSSR count). The maximum absolute atomic E-state index is 12.6. The highest BCUT2D eigenvalue weighted by atomic mass is 79.9. The van der Waals surface area contributed by atoms with Crippen LogP contribution >= 0.6 is 0 Å². The number of halogens is 1. The van der Waals surface area contributed by atoms with Crippen molar-refractivity contribution in [3.8, 4) is 0 Å². The number of carbonyl (C=O) groups excluding carboxylic acids is 2. The third kappa shape index (κ3) is 4.07. The second-order valence-corrected chi connectivity index (χ2v) is 6.27. The SMILES string of the molecule is O=C(Cn1n[n+](CC(=O)c2ccccc2)c2ccccc21)c1ccccc1.[Br-]. The number of rotatable bonds is 6. The van der Waals surface area contributed by atoms with Gasteiger partial charge in [-0.1, -0.05) is 72.8 Å². The van der Waals surface area contributed by atoms with Gasteiger partial charge in [0.05, 0.1) is 5.21 Å². The first-order valence-electron chi connectivity index (χ1n) is 8.74. The molecule has 6 heteroatoms. The molecule has 0 radical (unpaired) electrons. The summed E-state index contributed by atoms with van der Waals surface area (Å²) in [6.07, 6.45) is 0. The van der Waals surface area contributed by atoms with E-state index in [0.29, 0.717) is 11.1 Å². The Morgan fingerprint density at radius 1 is 0.750 bits per heavy atom. The average Bonchev–Trinajstić information content (AvgIpc) is 3.06. The Labute approximate surface area is 173 Å². The van der Waals surface area contributed by atoms with Crippen LogP contribution in [0.1, 0.15) is 20.7 Å². The van der Waals surface area contributed by atoms with Gasteiger partial charge in [0.1, 0.15) is 0 Å². The molecule has 140 valence electrons. The summed E-state index contributed by atoms with van der Waals surface area (Å²) < 4.78 is 3.31. The van der Waals surface area contributed by atoms with Crippen LogP contribution in [-0.2, 0) is 13.1 Å². The molecule has 0 aliphatic heterocycles. The normalized spacial score (nSPS) is 10.4. The van der Waals surface area contributed by atoms with E-state index in [2.05, 4.69) is 5.21 Å². The van der Waals surface area contributed by atoms with Crippen LogP contribution in [-0.4, -0.2) is 21.5 Å². The Kier molecular flexibility index (Phi) is 6.11. The van der Waals surface area contributed by atoms with Crippen LogP contribution < -0.4 is 21.7 Å². The Morgan fingerprint density at radius 2 is 1.29 bits per heavy atom. The zero-order valence-corrected chi connectivity index (χ0v) is 16.6. The largest absolute Gasteiger partial charge is 1.00 e. The molecule has 0 amide bonds. The quantitative estimate of drug-likeness (QED) is 0.318. The van der Waals surface area contributed by atoms with Gasteiger partial charge in [-0.3, -0.25) is 9.59 Å². The maximum Gasteiger partial charge on any atom is 0.206 e. The van der Waals surface area contributed by atoms with Gasteiger partial charge < -0.3 is 17.0 Å². The minimum absolute atomic E-state index is 0. The zero-order chi connectivity index (χ0) is 18.6. The lowest BCUT2D eigenvalue weighted by Gasteiger charge is -1.97. The van der Waals surface area contributed by atoms with E-state index >= 15 is 0 Å². The minimum Gasteiger partial charge on any atom is -1.00 e. The standard InChI is InChI=1S/C22H18N3O2.BrH/c26-21(17-9-3-1-4-10-17)15-24-19-13-7-8-14-20(19)25(23-24)16-22(27)18-11-5-2-6-12-18;/h1-14H,15-16H2;1H/q+1;/p-1. The van der Waals surface area contributed by atoms with Crippen LogP contribution in [0, 0.1) is 0 Å². The fourth-order valence-corrected chi connectivity index (χ4v) is 3.06. The molecule has 1 heterocycles. The Bertz CT molecular complexity index is 1020. The molecule has 1 aromatic heterocycles. The molecular weight excluding hydrogens is 418 g/mol. The third-order valence-electron chi connectivity index (χ3n) is 4.43. The summed E-state index contributed by atoms with van der Waals surface area (Å²) in [6.45, 7) is 0.244. The fourth-order valence-electron chi connectivity index (χ4n) is 3.06. The van der Waals surface area contributed by atoms with Crippen molar-refractivity contribution in [2.45, 2.75) is 13.1 Å². The van der Waals surface area contributed by atoms with Crippen molar-refractivity contribution >= 4 is 22.6 Å². The Morgan fingerprint density at radius 3 is 1.93 bits per heavy atom. The molecule has 0 bridgehead atoms. The Hall–Kier alpha value is -3.12. The van der Waals surface area contributed by atoms with Gasteiger partial charge in [0.25, 0.3) is 0 Å². The van der Waals surface area contributed by atoms with Gasteiger partial charge in [-0.05, 0) is 12.1 Å². The fraction of sp³-hybridized carbons (Fsp3) is 0.0909. The lowest BCUT2D eigenvalue weighted by atomic mass is 10.1. The number of carbonyl (C=O) groups is 2. The van der Waals surface area contributed by atoms with Crippen LogP contribution in [0.5, 0.6) is 0 Å². The molecular formula is C22H18BrN3O2. The second kappa shape index (κ2) is 8.71. The van der Waals surface area contributed by atoms with Gasteiger partial charge in [0.2, 0.25) is 11.6 Å². The van der Waals surface area contributed by atoms with E-state index in [9.17, 15) is 9.59 Å². The number of ketones is 2. The van der Waals surface area contributed by atoms with Gasteiger partial charge in [-0.2, -0.15) is 0 Å². The topological polar surface area (TPSA) is 55.8 Å². The van der Waals surface area contributed by atoms with Gasteiger partial charge in [0.15, 0.2) is 24.1 Å². The summed E-state index contributed by atoms with van der Waals surface area (Å²) >= 11 is 0. The van der Waals surface area contributed by atoms with E-state index in [-0.39, 0.29) is 41.6 Å². The second-order valence-electron chi connectivity index (χ2n) is 6.27. The molecule has 0 unspecified atom stereocenters. The summed E-state index contributed by atoms with van der Waals surface area (Å²) in [7, 11) is 0. The molecule has 0 aliphatic rings. The van der Waals surface area contributed by atoms with Crippen molar-refractivity contribution in [3.63, 3.8) is 0 Å². The van der Waals surface area contributed by atoms with Gasteiger partial charge >= 0.3 is 0 Å².